The molecule has 1 N–H and O–H groups in total. The first-order valence-electron chi connectivity index (χ1n) is 3.65. The number of aliphatic hydroxyl groups is 1. The van der Waals surface area contributed by atoms with Gasteiger partial charge in [0.15, 0.2) is 0 Å². The van der Waals surface area contributed by atoms with Crippen molar-refractivity contribution >= 4 is 0 Å². The fraction of sp³-hybridized carbons (Fsp3) is 0.333. The van der Waals surface area contributed by atoms with E-state index in [2.05, 4.69) is 0 Å². The Balaban J connectivity index is 2.62. The van der Waals surface area contributed by atoms with Gasteiger partial charge in [0.25, 0.3) is 0 Å². The topological polar surface area (TPSA) is 20.2 Å². The first-order chi connectivity index (χ1) is 5.33. The van der Waals surface area contributed by atoms with E-state index in [4.69, 9.17) is 5.11 Å². The summed E-state index contributed by atoms with van der Waals surface area (Å²) in [5.41, 5.74) is 1.07. The zero-order valence-corrected chi connectivity index (χ0v) is 6.26. The third-order valence-corrected chi connectivity index (χ3v) is 1.57. The number of allylic oxidation sites excluding steroid dienone is 5. The van der Waals surface area contributed by atoms with E-state index in [9.17, 15) is 4.39 Å². The van der Waals surface area contributed by atoms with Gasteiger partial charge in [0.05, 0.1) is 0 Å². The van der Waals surface area contributed by atoms with Crippen molar-refractivity contribution in [2.45, 2.75) is 12.8 Å². The van der Waals surface area contributed by atoms with Crippen molar-refractivity contribution in [2.75, 3.05) is 6.61 Å². The molecule has 0 aromatic rings. The highest BCUT2D eigenvalue weighted by atomic mass is 19.1. The average Bonchev–Trinajstić information content (AvgIpc) is 2.17. The van der Waals surface area contributed by atoms with E-state index >= 15 is 0 Å². The lowest BCUT2D eigenvalue weighted by molar-refractivity contribution is 0.298. The van der Waals surface area contributed by atoms with Crippen LogP contribution in [0.3, 0.4) is 0 Å². The van der Waals surface area contributed by atoms with Crippen LogP contribution in [0, 0.1) is 0 Å². The van der Waals surface area contributed by atoms with Crippen LogP contribution in [0.2, 0.25) is 0 Å². The van der Waals surface area contributed by atoms with Crippen molar-refractivity contribution in [3.8, 4) is 0 Å². The van der Waals surface area contributed by atoms with E-state index in [0.717, 1.165) is 12.0 Å². The van der Waals surface area contributed by atoms with E-state index in [-0.39, 0.29) is 12.4 Å². The van der Waals surface area contributed by atoms with Gasteiger partial charge in [0, 0.05) is 6.61 Å². The smallest absolute Gasteiger partial charge is 0.122 e. The molecule has 0 aromatic carbocycles. The van der Waals surface area contributed by atoms with Crippen LogP contribution in [0.1, 0.15) is 12.8 Å². The van der Waals surface area contributed by atoms with Gasteiger partial charge in [-0.1, -0.05) is 17.7 Å². The Morgan fingerprint density at radius 2 is 2.27 bits per heavy atom. The largest absolute Gasteiger partial charge is 0.396 e. The van der Waals surface area contributed by atoms with Crippen molar-refractivity contribution in [3.05, 3.63) is 35.7 Å². The van der Waals surface area contributed by atoms with Crippen molar-refractivity contribution in [3.63, 3.8) is 0 Å². The second-order valence-electron chi connectivity index (χ2n) is 2.46. The van der Waals surface area contributed by atoms with Gasteiger partial charge in [-0.3, -0.25) is 0 Å². The SMILES string of the molecule is OCCC1=CC=C(F)C=CC1. The second kappa shape index (κ2) is 4.09. The fourth-order valence-corrected chi connectivity index (χ4v) is 0.973. The van der Waals surface area contributed by atoms with Gasteiger partial charge in [0.1, 0.15) is 5.83 Å². The molecule has 0 heterocycles. The molecule has 2 heteroatoms. The second-order valence-corrected chi connectivity index (χ2v) is 2.46. The molecule has 1 aliphatic carbocycles. The maximum Gasteiger partial charge on any atom is 0.122 e. The molecule has 0 aliphatic heterocycles. The summed E-state index contributed by atoms with van der Waals surface area (Å²) in [6, 6.07) is 0. The number of hydrogen-bond acceptors (Lipinski definition) is 1. The third-order valence-electron chi connectivity index (χ3n) is 1.57. The van der Waals surface area contributed by atoms with Crippen molar-refractivity contribution < 1.29 is 9.50 Å². The van der Waals surface area contributed by atoms with Crippen LogP contribution in [0.5, 0.6) is 0 Å². The molecule has 0 aromatic heterocycles. The lowest BCUT2D eigenvalue weighted by Gasteiger charge is -1.97. The Hall–Kier alpha value is -0.890. The summed E-state index contributed by atoms with van der Waals surface area (Å²) < 4.78 is 12.5. The number of halogens is 1. The summed E-state index contributed by atoms with van der Waals surface area (Å²) >= 11 is 0. The quantitative estimate of drug-likeness (QED) is 0.645. The molecule has 0 amide bonds. The van der Waals surface area contributed by atoms with Gasteiger partial charge >= 0.3 is 0 Å². The van der Waals surface area contributed by atoms with Crippen LogP contribution in [0.4, 0.5) is 4.39 Å². The van der Waals surface area contributed by atoms with E-state index in [1.165, 1.54) is 12.2 Å². The molecule has 0 fully saturated rings. The number of rotatable bonds is 2. The molecule has 1 aliphatic rings. The summed E-state index contributed by atoms with van der Waals surface area (Å²) in [5.74, 6) is -0.224. The Bertz CT molecular complexity index is 214. The highest BCUT2D eigenvalue weighted by Crippen LogP contribution is 2.14. The van der Waals surface area contributed by atoms with Crippen LogP contribution < -0.4 is 0 Å². The molecular weight excluding hydrogens is 143 g/mol. The van der Waals surface area contributed by atoms with E-state index in [1.807, 2.05) is 0 Å². The molecule has 1 nitrogen and oxygen atoms in total. The van der Waals surface area contributed by atoms with Gasteiger partial charge < -0.3 is 5.11 Å². The first-order valence-corrected chi connectivity index (χ1v) is 3.65. The molecule has 60 valence electrons. The van der Waals surface area contributed by atoms with Crippen molar-refractivity contribution in [1.82, 2.24) is 0 Å². The minimum absolute atomic E-state index is 0.134. The lowest BCUT2D eigenvalue weighted by Crippen LogP contribution is -1.86. The van der Waals surface area contributed by atoms with Crippen LogP contribution in [0.15, 0.2) is 35.7 Å². The van der Waals surface area contributed by atoms with Crippen LogP contribution in [0.25, 0.3) is 0 Å². The third kappa shape index (κ3) is 2.68. The molecule has 0 saturated carbocycles. The van der Waals surface area contributed by atoms with Crippen LogP contribution >= 0.6 is 0 Å². The summed E-state index contributed by atoms with van der Waals surface area (Å²) in [4.78, 5) is 0. The summed E-state index contributed by atoms with van der Waals surface area (Å²) in [6.07, 6.45) is 7.74. The van der Waals surface area contributed by atoms with E-state index in [1.54, 1.807) is 12.2 Å². The maximum atomic E-state index is 12.5. The predicted molar refractivity (Wildman–Crippen MR) is 42.7 cm³/mol. The Morgan fingerprint density at radius 3 is 3.00 bits per heavy atom. The molecule has 0 unspecified atom stereocenters. The molecule has 0 saturated heterocycles. The van der Waals surface area contributed by atoms with E-state index < -0.39 is 0 Å². The van der Waals surface area contributed by atoms with Gasteiger partial charge in [-0.15, -0.1) is 0 Å². The number of aliphatic hydroxyl groups excluding tert-OH is 1. The Kier molecular flexibility index (Phi) is 3.05. The van der Waals surface area contributed by atoms with Gasteiger partial charge in [-0.2, -0.15) is 0 Å². The van der Waals surface area contributed by atoms with Gasteiger partial charge in [-0.05, 0) is 25.0 Å². The molecular formula is C9H11FO. The van der Waals surface area contributed by atoms with Crippen molar-refractivity contribution in [1.29, 1.82) is 0 Å². The summed E-state index contributed by atoms with van der Waals surface area (Å²) in [7, 11) is 0. The van der Waals surface area contributed by atoms with Gasteiger partial charge in [0.2, 0.25) is 0 Å². The monoisotopic (exact) mass is 154 g/mol. The minimum Gasteiger partial charge on any atom is -0.396 e. The summed E-state index contributed by atoms with van der Waals surface area (Å²) in [6.45, 7) is 0.134. The highest BCUT2D eigenvalue weighted by molar-refractivity contribution is 5.26. The first kappa shape index (κ1) is 8.21. The lowest BCUT2D eigenvalue weighted by atomic mass is 10.1. The molecule has 0 spiro atoms. The van der Waals surface area contributed by atoms with Gasteiger partial charge in [-0.25, -0.2) is 4.39 Å². The van der Waals surface area contributed by atoms with Crippen LogP contribution in [-0.4, -0.2) is 11.7 Å². The average molecular weight is 154 g/mol. The minimum atomic E-state index is -0.224. The standard InChI is InChI=1S/C9H11FO/c10-9-3-1-2-8(4-5-9)6-7-11/h1,3-5,11H,2,6-7H2. The maximum absolute atomic E-state index is 12.5. The molecule has 1 rings (SSSR count). The zero-order valence-electron chi connectivity index (χ0n) is 6.26. The van der Waals surface area contributed by atoms with Crippen molar-refractivity contribution in [2.24, 2.45) is 0 Å². The highest BCUT2D eigenvalue weighted by Gasteiger charge is 1.97. The fourth-order valence-electron chi connectivity index (χ4n) is 0.973. The zero-order chi connectivity index (χ0) is 8.10. The molecule has 0 atom stereocenters. The normalized spacial score (nSPS) is 17.3. The Labute approximate surface area is 65.5 Å². The molecule has 0 radical (unpaired) electrons. The Morgan fingerprint density at radius 1 is 1.45 bits per heavy atom. The van der Waals surface area contributed by atoms with E-state index in [0.29, 0.717) is 6.42 Å². The number of hydrogen-bond donors (Lipinski definition) is 1. The van der Waals surface area contributed by atoms with Crippen LogP contribution in [-0.2, 0) is 0 Å². The molecule has 0 bridgehead atoms. The summed E-state index contributed by atoms with van der Waals surface area (Å²) in [5, 5.41) is 8.60. The predicted octanol–water partition coefficient (Wildman–Crippen LogP) is 2.11. The molecule has 11 heavy (non-hydrogen) atoms.